The van der Waals surface area contributed by atoms with Crippen molar-refractivity contribution in [2.75, 3.05) is 0 Å². The fraction of sp³-hybridized carbons (Fsp3) is 0. The predicted octanol–water partition coefficient (Wildman–Crippen LogP) is 5.92. The Balaban J connectivity index is 1.40. The van der Waals surface area contributed by atoms with Gasteiger partial charge in [0.1, 0.15) is 61.8 Å². The number of rotatable bonds is 5. The van der Waals surface area contributed by atoms with Crippen LogP contribution in [0.5, 0.6) is 86.2 Å². The minimum Gasteiger partial charge on any atom is -0.507 e. The Kier molecular flexibility index (Phi) is 8.92. The van der Waals surface area contributed by atoms with Crippen molar-refractivity contribution >= 4 is 32.9 Å². The van der Waals surface area contributed by atoms with Gasteiger partial charge in [0.05, 0.1) is 22.3 Å². The summed E-state index contributed by atoms with van der Waals surface area (Å²) in [5.74, 6) is -17.7. The molecule has 332 valence electrons. The van der Waals surface area contributed by atoms with Crippen molar-refractivity contribution in [1.29, 1.82) is 0 Å². The zero-order valence-corrected chi connectivity index (χ0v) is 32.5. The fourth-order valence-electron chi connectivity index (χ4n) is 7.55. The summed E-state index contributed by atoms with van der Waals surface area (Å²) in [6, 6.07) is 10.1. The Morgan fingerprint density at radius 3 is 1.00 bits per heavy atom. The summed E-state index contributed by atoms with van der Waals surface area (Å²) in [7, 11) is 0. The standard InChI is InChI=1S/C45H26O21/c46-15-4-1-12(7-18(15)49)42-39(61)36(58)27-23(64-42)10-21(52)25(32(27)54)29-34(56)30(45-31(35(29)57)38(60)41(63)44(66-45)14-3-6-17(48)20(51)9-14)26-22(53)11-24-28(33(26)55)37(59)40(62)43(65-24)13-2-5-16(47)19(50)8-13/h1-11,46-57,61-63H. The Morgan fingerprint density at radius 2 is 0.621 bits per heavy atom. The third-order valence-corrected chi connectivity index (χ3v) is 10.7. The molecule has 15 N–H and O–H groups in total. The largest absolute Gasteiger partial charge is 0.507 e. The molecule has 0 radical (unpaired) electrons. The summed E-state index contributed by atoms with van der Waals surface area (Å²) < 4.78 is 17.1. The maximum atomic E-state index is 14.2. The molecule has 66 heavy (non-hydrogen) atoms. The van der Waals surface area contributed by atoms with E-state index in [-0.39, 0.29) is 16.7 Å². The van der Waals surface area contributed by atoms with Crippen LogP contribution in [0.15, 0.2) is 94.4 Å². The third kappa shape index (κ3) is 5.84. The van der Waals surface area contributed by atoms with Crippen molar-refractivity contribution in [3.8, 4) is 142 Å². The molecule has 0 atom stereocenters. The molecule has 9 aromatic rings. The Labute approximate surface area is 362 Å². The highest BCUT2D eigenvalue weighted by atomic mass is 16.4. The van der Waals surface area contributed by atoms with Gasteiger partial charge in [-0.3, -0.25) is 14.4 Å². The molecular formula is C45H26O21. The summed E-state index contributed by atoms with van der Waals surface area (Å²) in [4.78, 5) is 41.8. The van der Waals surface area contributed by atoms with Crippen LogP contribution in [-0.4, -0.2) is 76.6 Å². The lowest BCUT2D eigenvalue weighted by molar-refractivity contribution is 0.403. The quantitative estimate of drug-likeness (QED) is 0.0890. The number of fused-ring (bicyclic) bond motifs is 3. The van der Waals surface area contributed by atoms with E-state index in [0.717, 1.165) is 54.6 Å². The first-order valence-electron chi connectivity index (χ1n) is 18.6. The average molecular weight is 903 g/mol. The number of phenols is 12. The van der Waals surface area contributed by atoms with Gasteiger partial charge in [-0.25, -0.2) is 0 Å². The Morgan fingerprint density at radius 1 is 0.288 bits per heavy atom. The molecule has 0 saturated heterocycles. The van der Waals surface area contributed by atoms with Crippen molar-refractivity contribution in [2.45, 2.75) is 0 Å². The molecule has 0 bridgehead atoms. The third-order valence-electron chi connectivity index (χ3n) is 10.7. The summed E-state index contributed by atoms with van der Waals surface area (Å²) in [6.07, 6.45) is 0. The number of hydrogen-bond donors (Lipinski definition) is 15. The van der Waals surface area contributed by atoms with E-state index in [9.17, 15) is 91.0 Å². The average Bonchev–Trinajstić information content (AvgIpc) is 3.26. The number of benzene rings is 6. The SMILES string of the molecule is O=c1c(O)c(-c2ccc(O)c(O)c2)oc2cc(O)c(-c3c(O)c(-c4c(O)cc5oc(-c6ccc(O)c(O)c6)c(O)c(=O)c5c4O)c4oc(-c5ccc(O)c(O)c5)c(O)c(=O)c4c3O)c(O)c12. The predicted molar refractivity (Wildman–Crippen MR) is 227 cm³/mol. The van der Waals surface area contributed by atoms with Gasteiger partial charge in [-0.2, -0.15) is 0 Å². The van der Waals surface area contributed by atoms with E-state index in [2.05, 4.69) is 0 Å². The minimum atomic E-state index is -1.57. The summed E-state index contributed by atoms with van der Waals surface area (Å²) in [5.41, 5.74) is -11.9. The van der Waals surface area contributed by atoms with Crippen molar-refractivity contribution < 1.29 is 89.8 Å². The first kappa shape index (κ1) is 41.3. The van der Waals surface area contributed by atoms with E-state index in [4.69, 9.17) is 13.3 Å². The van der Waals surface area contributed by atoms with Crippen LogP contribution >= 0.6 is 0 Å². The van der Waals surface area contributed by atoms with E-state index in [1.54, 1.807) is 0 Å². The van der Waals surface area contributed by atoms with E-state index in [0.29, 0.717) is 12.1 Å². The van der Waals surface area contributed by atoms with Crippen LogP contribution in [-0.2, 0) is 0 Å². The molecule has 3 aromatic heterocycles. The molecule has 0 aliphatic carbocycles. The Hall–Kier alpha value is -10.1. The van der Waals surface area contributed by atoms with E-state index in [1.807, 2.05) is 0 Å². The topological polar surface area (TPSA) is 394 Å². The molecule has 0 unspecified atom stereocenters. The first-order valence-corrected chi connectivity index (χ1v) is 18.6. The fourth-order valence-corrected chi connectivity index (χ4v) is 7.55. The summed E-state index contributed by atoms with van der Waals surface area (Å²) in [5, 5.41) is 161. The van der Waals surface area contributed by atoms with Gasteiger partial charge in [0.25, 0.3) is 0 Å². The van der Waals surface area contributed by atoms with Crippen LogP contribution in [0.1, 0.15) is 0 Å². The lowest BCUT2D eigenvalue weighted by Crippen LogP contribution is -2.07. The lowest BCUT2D eigenvalue weighted by Gasteiger charge is -2.20. The van der Waals surface area contributed by atoms with Gasteiger partial charge in [0.2, 0.25) is 33.5 Å². The van der Waals surface area contributed by atoms with Gasteiger partial charge < -0.3 is 89.8 Å². The molecule has 6 aromatic carbocycles. The van der Waals surface area contributed by atoms with Gasteiger partial charge >= 0.3 is 0 Å². The molecule has 9 rings (SSSR count). The monoisotopic (exact) mass is 902 g/mol. The molecular weight excluding hydrogens is 876 g/mol. The van der Waals surface area contributed by atoms with Crippen LogP contribution in [0.2, 0.25) is 0 Å². The lowest BCUT2D eigenvalue weighted by atomic mass is 9.90. The van der Waals surface area contributed by atoms with Crippen molar-refractivity contribution in [2.24, 2.45) is 0 Å². The van der Waals surface area contributed by atoms with Crippen LogP contribution in [0.4, 0.5) is 0 Å². The molecule has 3 heterocycles. The van der Waals surface area contributed by atoms with Crippen LogP contribution in [0.25, 0.3) is 89.1 Å². The van der Waals surface area contributed by atoms with E-state index in [1.165, 1.54) is 0 Å². The van der Waals surface area contributed by atoms with Crippen molar-refractivity contribution in [1.82, 2.24) is 0 Å². The zero-order valence-electron chi connectivity index (χ0n) is 32.5. The first-order chi connectivity index (χ1) is 31.2. The number of hydrogen-bond acceptors (Lipinski definition) is 21. The van der Waals surface area contributed by atoms with Gasteiger partial charge in [-0.1, -0.05) is 0 Å². The van der Waals surface area contributed by atoms with E-state index < -0.39 is 175 Å². The molecule has 0 fully saturated rings. The van der Waals surface area contributed by atoms with Gasteiger partial charge in [-0.15, -0.1) is 0 Å². The molecule has 21 heteroatoms. The van der Waals surface area contributed by atoms with Gasteiger partial charge in [0.15, 0.2) is 57.4 Å². The van der Waals surface area contributed by atoms with Crippen molar-refractivity contribution in [3.63, 3.8) is 0 Å². The molecule has 0 spiro atoms. The Bertz CT molecular complexity index is 3840. The number of aromatic hydroxyl groups is 15. The highest BCUT2D eigenvalue weighted by molar-refractivity contribution is 6.13. The molecule has 0 aliphatic heterocycles. The highest BCUT2D eigenvalue weighted by Crippen LogP contribution is 2.58. The van der Waals surface area contributed by atoms with Crippen molar-refractivity contribution in [3.05, 3.63) is 97.4 Å². The van der Waals surface area contributed by atoms with Crippen LogP contribution in [0, 0.1) is 0 Å². The number of phenolic OH excluding ortho intramolecular Hbond substituents is 12. The van der Waals surface area contributed by atoms with Gasteiger partial charge in [0, 0.05) is 28.8 Å². The smallest absolute Gasteiger partial charge is 0.238 e. The maximum Gasteiger partial charge on any atom is 0.238 e. The second-order valence-corrected chi connectivity index (χ2v) is 14.6. The second-order valence-electron chi connectivity index (χ2n) is 14.6. The maximum absolute atomic E-state index is 14.2. The molecule has 0 saturated carbocycles. The highest BCUT2D eigenvalue weighted by Gasteiger charge is 2.35. The second kappa shape index (κ2) is 14.2. The van der Waals surface area contributed by atoms with Crippen LogP contribution in [0.3, 0.4) is 0 Å². The minimum absolute atomic E-state index is 0.180. The van der Waals surface area contributed by atoms with E-state index >= 15 is 0 Å². The van der Waals surface area contributed by atoms with Gasteiger partial charge in [-0.05, 0) is 54.6 Å². The van der Waals surface area contributed by atoms with Crippen LogP contribution < -0.4 is 16.3 Å². The summed E-state index contributed by atoms with van der Waals surface area (Å²) in [6.45, 7) is 0. The molecule has 0 aliphatic rings. The summed E-state index contributed by atoms with van der Waals surface area (Å²) >= 11 is 0. The zero-order chi connectivity index (χ0) is 47.5. The molecule has 21 nitrogen and oxygen atoms in total. The molecule has 0 amide bonds. The normalized spacial score (nSPS) is 11.5.